The number of piperazine rings is 1. The number of halogens is 1. The van der Waals surface area contributed by atoms with Crippen molar-refractivity contribution in [3.8, 4) is 0 Å². The third kappa shape index (κ3) is 3.68. The monoisotopic (exact) mass is 373 g/mol. The molecule has 1 amide bonds. The molecule has 0 aromatic heterocycles. The van der Waals surface area contributed by atoms with E-state index in [1.165, 1.54) is 4.31 Å². The van der Waals surface area contributed by atoms with E-state index in [9.17, 15) is 13.2 Å². The number of hydrogen-bond acceptors (Lipinski definition) is 4. The van der Waals surface area contributed by atoms with Crippen molar-refractivity contribution in [1.82, 2.24) is 10.2 Å². The van der Waals surface area contributed by atoms with Crippen LogP contribution >= 0.6 is 12.4 Å². The molecular weight excluding hydrogens is 350 g/mol. The summed E-state index contributed by atoms with van der Waals surface area (Å²) in [5, 5.41) is 3.32. The van der Waals surface area contributed by atoms with E-state index in [0.717, 1.165) is 12.1 Å². The molecule has 2 aliphatic heterocycles. The number of aryl methyl sites for hydroxylation is 1. The van der Waals surface area contributed by atoms with E-state index in [2.05, 4.69) is 12.2 Å². The van der Waals surface area contributed by atoms with Crippen molar-refractivity contribution in [2.75, 3.05) is 36.2 Å². The quantitative estimate of drug-likeness (QED) is 0.850. The van der Waals surface area contributed by atoms with Crippen molar-refractivity contribution in [3.63, 3.8) is 0 Å². The van der Waals surface area contributed by atoms with E-state index in [-0.39, 0.29) is 24.1 Å². The number of hydrogen-bond donors (Lipinski definition) is 1. The smallest absolute Gasteiger partial charge is 0.254 e. The van der Waals surface area contributed by atoms with Gasteiger partial charge in [0.15, 0.2) is 0 Å². The van der Waals surface area contributed by atoms with Gasteiger partial charge in [0.05, 0.1) is 11.4 Å². The second-order valence-corrected chi connectivity index (χ2v) is 8.36. The van der Waals surface area contributed by atoms with E-state index in [4.69, 9.17) is 0 Å². The van der Waals surface area contributed by atoms with Crippen molar-refractivity contribution in [2.24, 2.45) is 0 Å². The van der Waals surface area contributed by atoms with Gasteiger partial charge in [-0.25, -0.2) is 8.42 Å². The summed E-state index contributed by atoms with van der Waals surface area (Å²) in [5.41, 5.74) is 2.13. The van der Waals surface area contributed by atoms with Gasteiger partial charge in [-0.15, -0.1) is 12.4 Å². The van der Waals surface area contributed by atoms with Crippen LogP contribution in [-0.2, 0) is 10.0 Å². The molecule has 0 saturated carbocycles. The summed E-state index contributed by atoms with van der Waals surface area (Å²) in [6.07, 6.45) is 0.654. The number of carbonyl (C=O) groups excluding carboxylic acids is 1. The summed E-state index contributed by atoms with van der Waals surface area (Å²) in [5.74, 6) is 0.220. The molecule has 1 unspecified atom stereocenters. The topological polar surface area (TPSA) is 69.7 Å². The first-order valence-corrected chi connectivity index (χ1v) is 9.63. The maximum Gasteiger partial charge on any atom is 0.254 e. The Morgan fingerprint density at radius 1 is 1.29 bits per heavy atom. The lowest BCUT2D eigenvalue weighted by Gasteiger charge is -2.32. The van der Waals surface area contributed by atoms with Crippen LogP contribution in [0.4, 0.5) is 5.69 Å². The third-order valence-electron chi connectivity index (χ3n) is 4.48. The van der Waals surface area contributed by atoms with Gasteiger partial charge in [0.2, 0.25) is 10.0 Å². The van der Waals surface area contributed by atoms with Crippen molar-refractivity contribution in [2.45, 2.75) is 26.3 Å². The maximum atomic E-state index is 12.7. The highest BCUT2D eigenvalue weighted by molar-refractivity contribution is 7.93. The van der Waals surface area contributed by atoms with Crippen molar-refractivity contribution in [1.29, 1.82) is 0 Å². The summed E-state index contributed by atoms with van der Waals surface area (Å²) >= 11 is 0. The van der Waals surface area contributed by atoms with Crippen molar-refractivity contribution < 1.29 is 13.2 Å². The largest absolute Gasteiger partial charge is 0.336 e. The molecule has 1 aromatic rings. The zero-order valence-corrected chi connectivity index (χ0v) is 15.6. The fourth-order valence-electron chi connectivity index (χ4n) is 3.26. The number of nitrogens with zero attached hydrogens (tertiary/aromatic N) is 2. The fourth-order valence-corrected chi connectivity index (χ4v) is 4.82. The molecule has 0 spiro atoms. The number of sulfonamides is 1. The second kappa shape index (κ2) is 7.29. The SMILES string of the molecule is Cc1cc(N2CCCS2(=O)=O)ccc1C(=O)N1CCNC(C)C1.Cl. The molecule has 1 aromatic carbocycles. The number of anilines is 1. The first kappa shape index (κ1) is 19.0. The normalized spacial score (nSPS) is 23.0. The van der Waals surface area contributed by atoms with Crippen LogP contribution in [0.1, 0.15) is 29.3 Å². The van der Waals surface area contributed by atoms with Crippen LogP contribution in [0.2, 0.25) is 0 Å². The van der Waals surface area contributed by atoms with Gasteiger partial charge in [-0.1, -0.05) is 0 Å². The van der Waals surface area contributed by atoms with E-state index >= 15 is 0 Å². The molecule has 0 radical (unpaired) electrons. The lowest BCUT2D eigenvalue weighted by atomic mass is 10.1. The molecule has 2 fully saturated rings. The van der Waals surface area contributed by atoms with Crippen LogP contribution in [0, 0.1) is 6.92 Å². The molecule has 8 heteroatoms. The minimum absolute atomic E-state index is 0. The van der Waals surface area contributed by atoms with E-state index < -0.39 is 10.0 Å². The zero-order valence-electron chi connectivity index (χ0n) is 14.0. The van der Waals surface area contributed by atoms with Crippen molar-refractivity contribution in [3.05, 3.63) is 29.3 Å². The molecule has 134 valence electrons. The minimum Gasteiger partial charge on any atom is -0.336 e. The zero-order chi connectivity index (χ0) is 16.6. The number of benzene rings is 1. The minimum atomic E-state index is -3.19. The first-order valence-electron chi connectivity index (χ1n) is 8.02. The lowest BCUT2D eigenvalue weighted by molar-refractivity contribution is 0.0708. The number of carbonyl (C=O) groups is 1. The van der Waals surface area contributed by atoms with Crippen molar-refractivity contribution >= 4 is 34.0 Å². The Labute approximate surface area is 149 Å². The van der Waals surface area contributed by atoms with Gasteiger partial charge in [-0.2, -0.15) is 0 Å². The number of rotatable bonds is 2. The van der Waals surface area contributed by atoms with Crippen LogP contribution in [0.15, 0.2) is 18.2 Å². The Balaban J connectivity index is 0.00000208. The van der Waals surface area contributed by atoms with Crippen LogP contribution in [0.5, 0.6) is 0 Å². The highest BCUT2D eigenvalue weighted by Crippen LogP contribution is 2.26. The van der Waals surface area contributed by atoms with Crippen LogP contribution < -0.4 is 9.62 Å². The predicted molar refractivity (Wildman–Crippen MR) is 97.5 cm³/mol. The summed E-state index contributed by atoms with van der Waals surface area (Å²) in [6.45, 7) is 6.64. The summed E-state index contributed by atoms with van der Waals surface area (Å²) in [7, 11) is -3.19. The Bertz CT molecular complexity index is 723. The molecule has 3 rings (SSSR count). The van der Waals surface area contributed by atoms with Gasteiger partial charge in [0.1, 0.15) is 0 Å². The van der Waals surface area contributed by atoms with Gasteiger partial charge in [-0.3, -0.25) is 9.10 Å². The Kier molecular flexibility index (Phi) is 5.78. The molecule has 1 atom stereocenters. The highest BCUT2D eigenvalue weighted by atomic mass is 35.5. The number of amides is 1. The molecule has 24 heavy (non-hydrogen) atoms. The van der Waals surface area contributed by atoms with Gasteiger partial charge in [0.25, 0.3) is 5.91 Å². The van der Waals surface area contributed by atoms with Gasteiger partial charge >= 0.3 is 0 Å². The Morgan fingerprint density at radius 2 is 2.04 bits per heavy atom. The third-order valence-corrected chi connectivity index (χ3v) is 6.35. The van der Waals surface area contributed by atoms with E-state index in [0.29, 0.717) is 43.3 Å². The predicted octanol–water partition coefficient (Wildman–Crippen LogP) is 1.39. The average molecular weight is 374 g/mol. The van der Waals surface area contributed by atoms with Gasteiger partial charge in [-0.05, 0) is 44.0 Å². The average Bonchev–Trinajstić information content (AvgIpc) is 2.86. The molecule has 1 N–H and O–H groups in total. The molecule has 6 nitrogen and oxygen atoms in total. The fraction of sp³-hybridized carbons (Fsp3) is 0.562. The molecule has 0 aliphatic carbocycles. The Hall–Kier alpha value is -1.31. The van der Waals surface area contributed by atoms with E-state index in [1.807, 2.05) is 17.9 Å². The first-order chi connectivity index (χ1) is 10.9. The summed E-state index contributed by atoms with van der Waals surface area (Å²) in [6, 6.07) is 5.60. The second-order valence-electron chi connectivity index (χ2n) is 6.35. The molecular formula is C16H24ClN3O3S. The van der Waals surface area contributed by atoms with Crippen LogP contribution in [0.3, 0.4) is 0 Å². The molecule has 2 heterocycles. The standard InChI is InChI=1S/C16H23N3O3S.ClH/c1-12-10-14(19-7-3-9-23(19,21)22)4-5-15(12)16(20)18-8-6-17-13(2)11-18;/h4-5,10,13,17H,3,6-9,11H2,1-2H3;1H. The summed E-state index contributed by atoms with van der Waals surface area (Å²) in [4.78, 5) is 14.5. The van der Waals surface area contributed by atoms with E-state index in [1.54, 1.807) is 12.1 Å². The summed E-state index contributed by atoms with van der Waals surface area (Å²) < 4.78 is 25.5. The highest BCUT2D eigenvalue weighted by Gasteiger charge is 2.29. The number of nitrogens with one attached hydrogen (secondary N) is 1. The van der Waals surface area contributed by atoms with Gasteiger partial charge in [0, 0.05) is 37.8 Å². The molecule has 2 saturated heterocycles. The maximum absolute atomic E-state index is 12.7. The van der Waals surface area contributed by atoms with Crippen LogP contribution in [-0.4, -0.2) is 57.2 Å². The lowest BCUT2D eigenvalue weighted by Crippen LogP contribution is -2.51. The molecule has 0 bridgehead atoms. The molecule has 2 aliphatic rings. The van der Waals surface area contributed by atoms with Gasteiger partial charge < -0.3 is 10.2 Å². The Morgan fingerprint density at radius 3 is 2.62 bits per heavy atom. The van der Waals surface area contributed by atoms with Crippen LogP contribution in [0.25, 0.3) is 0 Å².